The van der Waals surface area contributed by atoms with E-state index in [2.05, 4.69) is 0 Å². The van der Waals surface area contributed by atoms with Crippen LogP contribution in [0, 0.1) is 0 Å². The molecule has 30 heavy (non-hydrogen) atoms. The first-order chi connectivity index (χ1) is 14.6. The number of hydrogen-bond donors (Lipinski definition) is 0. The van der Waals surface area contributed by atoms with Gasteiger partial charge in [-0.3, -0.25) is 0 Å². The monoisotopic (exact) mass is 418 g/mol. The Bertz CT molecular complexity index is 686. The van der Waals surface area contributed by atoms with Crippen LogP contribution < -0.4 is 0 Å². The molecule has 1 aromatic carbocycles. The summed E-state index contributed by atoms with van der Waals surface area (Å²) in [6, 6.07) is 6.62. The van der Waals surface area contributed by atoms with E-state index < -0.39 is 11.9 Å². The molecule has 4 saturated heterocycles. The zero-order chi connectivity index (χ0) is 20.5. The summed E-state index contributed by atoms with van der Waals surface area (Å²) in [5.41, 5.74) is 0.426. The number of esters is 2. The van der Waals surface area contributed by atoms with Crippen LogP contribution in [0.15, 0.2) is 24.3 Å². The van der Waals surface area contributed by atoms with Crippen molar-refractivity contribution >= 4 is 11.9 Å². The van der Waals surface area contributed by atoms with Gasteiger partial charge in [-0.15, -0.1) is 0 Å². The molecule has 4 atom stereocenters. The van der Waals surface area contributed by atoms with Gasteiger partial charge in [0, 0.05) is 25.7 Å². The molecule has 0 saturated carbocycles. The molecule has 0 spiro atoms. The van der Waals surface area contributed by atoms with E-state index in [0.29, 0.717) is 52.1 Å². The molecule has 0 radical (unpaired) electrons. The summed E-state index contributed by atoms with van der Waals surface area (Å²) >= 11 is 0. The topological polar surface area (TPSA) is 103 Å². The third-order valence-electron chi connectivity index (χ3n) is 5.63. The van der Waals surface area contributed by atoms with Crippen molar-refractivity contribution in [2.45, 2.75) is 62.3 Å². The highest BCUT2D eigenvalue weighted by atomic mass is 16.6. The highest BCUT2D eigenvalue weighted by molar-refractivity contribution is 6.03. The van der Waals surface area contributed by atoms with Crippen LogP contribution in [0.5, 0.6) is 0 Å². The van der Waals surface area contributed by atoms with Crippen LogP contribution in [-0.2, 0) is 28.4 Å². The first-order valence-corrected chi connectivity index (χ1v) is 10.6. The smallest absolute Gasteiger partial charge is 0.339 e. The van der Waals surface area contributed by atoms with Gasteiger partial charge in [0.15, 0.2) is 0 Å². The molecule has 0 amide bonds. The van der Waals surface area contributed by atoms with Gasteiger partial charge in [-0.1, -0.05) is 12.1 Å². The maximum absolute atomic E-state index is 12.9. The molecule has 162 valence electrons. The normalized spacial score (nSPS) is 30.1. The van der Waals surface area contributed by atoms with Gasteiger partial charge in [0.1, 0.15) is 12.2 Å². The summed E-state index contributed by atoms with van der Waals surface area (Å²) in [5.74, 6) is -1.05. The van der Waals surface area contributed by atoms with E-state index in [1.54, 1.807) is 24.3 Å². The maximum atomic E-state index is 12.9. The molecule has 0 aliphatic carbocycles. The summed E-state index contributed by atoms with van der Waals surface area (Å²) in [7, 11) is 0. The van der Waals surface area contributed by atoms with Gasteiger partial charge >= 0.3 is 11.9 Å². The van der Waals surface area contributed by atoms with Crippen LogP contribution in [0.2, 0.25) is 0 Å². The number of rotatable bonds is 12. The van der Waals surface area contributed by atoms with Crippen molar-refractivity contribution in [1.82, 2.24) is 0 Å². The molecule has 0 aromatic heterocycles. The molecule has 0 bridgehead atoms. The largest absolute Gasteiger partial charge is 0.459 e. The fraction of sp³-hybridized carbons (Fsp3) is 0.636. The van der Waals surface area contributed by atoms with Gasteiger partial charge in [-0.2, -0.15) is 0 Å². The SMILES string of the molecule is O=C(OC(CC1CO1)CC1CO1)c1ccccc1C(=O)OC(CC1CO1)CC1CO1. The van der Waals surface area contributed by atoms with Crippen molar-refractivity contribution in [2.24, 2.45) is 0 Å². The van der Waals surface area contributed by atoms with Gasteiger partial charge in [0.05, 0.1) is 62.0 Å². The molecular weight excluding hydrogens is 392 g/mol. The van der Waals surface area contributed by atoms with E-state index in [-0.39, 0.29) is 47.8 Å². The molecule has 4 unspecified atom stereocenters. The molecule has 8 nitrogen and oxygen atoms in total. The van der Waals surface area contributed by atoms with Gasteiger partial charge in [0.25, 0.3) is 0 Å². The van der Waals surface area contributed by atoms with E-state index in [0.717, 1.165) is 0 Å². The number of hydrogen-bond acceptors (Lipinski definition) is 8. The maximum Gasteiger partial charge on any atom is 0.339 e. The number of carbonyl (C=O) groups excluding carboxylic acids is 2. The standard InChI is InChI=1S/C22H26O8/c23-21(29-13(5-15-9-25-15)6-16-10-26-16)19-3-1-2-4-20(19)22(24)30-14(7-17-11-27-17)8-18-12-28-18/h1-4,13-18H,5-12H2. The zero-order valence-electron chi connectivity index (χ0n) is 16.7. The van der Waals surface area contributed by atoms with Crippen LogP contribution in [0.1, 0.15) is 46.4 Å². The first kappa shape index (κ1) is 19.9. The van der Waals surface area contributed by atoms with E-state index in [9.17, 15) is 9.59 Å². The minimum absolute atomic E-state index is 0.136. The van der Waals surface area contributed by atoms with Crippen LogP contribution in [-0.4, -0.2) is 75.0 Å². The average Bonchev–Trinajstić information content (AvgIpc) is 3.52. The molecule has 4 heterocycles. The lowest BCUT2D eigenvalue weighted by atomic mass is 10.1. The first-order valence-electron chi connectivity index (χ1n) is 10.6. The van der Waals surface area contributed by atoms with Crippen LogP contribution in [0.4, 0.5) is 0 Å². The summed E-state index contributed by atoms with van der Waals surface area (Å²) in [5, 5.41) is 0. The minimum Gasteiger partial charge on any atom is -0.459 e. The number of carbonyl (C=O) groups is 2. The van der Waals surface area contributed by atoms with Crippen molar-refractivity contribution in [2.75, 3.05) is 26.4 Å². The average molecular weight is 418 g/mol. The van der Waals surface area contributed by atoms with E-state index in [1.807, 2.05) is 0 Å². The van der Waals surface area contributed by atoms with Crippen LogP contribution in [0.3, 0.4) is 0 Å². The fourth-order valence-corrected chi connectivity index (χ4v) is 3.64. The van der Waals surface area contributed by atoms with Crippen molar-refractivity contribution < 1.29 is 38.0 Å². The lowest BCUT2D eigenvalue weighted by Gasteiger charge is -2.19. The summed E-state index contributed by atoms with van der Waals surface area (Å²) < 4.78 is 32.6. The van der Waals surface area contributed by atoms with Gasteiger partial charge < -0.3 is 28.4 Å². The van der Waals surface area contributed by atoms with Gasteiger partial charge in [-0.05, 0) is 12.1 Å². The van der Waals surface area contributed by atoms with E-state index in [1.165, 1.54) is 0 Å². The molecule has 4 aliphatic heterocycles. The Morgan fingerprint density at radius 3 is 1.27 bits per heavy atom. The molecule has 1 aromatic rings. The number of epoxide rings is 4. The second kappa shape index (κ2) is 8.63. The third kappa shape index (κ3) is 5.78. The Labute approximate surface area is 174 Å². The van der Waals surface area contributed by atoms with E-state index >= 15 is 0 Å². The lowest BCUT2D eigenvalue weighted by Crippen LogP contribution is -2.26. The van der Waals surface area contributed by atoms with Crippen LogP contribution >= 0.6 is 0 Å². The Kier molecular flexibility index (Phi) is 5.73. The quantitative estimate of drug-likeness (QED) is 0.375. The Morgan fingerprint density at radius 1 is 0.700 bits per heavy atom. The van der Waals surface area contributed by atoms with Gasteiger partial charge in [0.2, 0.25) is 0 Å². The summed E-state index contributed by atoms with van der Waals surface area (Å²) in [4.78, 5) is 25.8. The predicted octanol–water partition coefficient (Wildman–Crippen LogP) is 1.89. The lowest BCUT2D eigenvalue weighted by molar-refractivity contribution is 0.0177. The van der Waals surface area contributed by atoms with Crippen molar-refractivity contribution in [3.63, 3.8) is 0 Å². The third-order valence-corrected chi connectivity index (χ3v) is 5.63. The second-order valence-electron chi connectivity index (χ2n) is 8.36. The second-order valence-corrected chi connectivity index (χ2v) is 8.36. The predicted molar refractivity (Wildman–Crippen MR) is 102 cm³/mol. The highest BCUT2D eigenvalue weighted by Crippen LogP contribution is 2.28. The Balaban J connectivity index is 1.24. The number of benzene rings is 1. The minimum atomic E-state index is -0.526. The summed E-state index contributed by atoms with van der Waals surface area (Å²) in [6.07, 6.45) is 2.52. The molecule has 0 N–H and O–H groups in total. The molecule has 4 aliphatic rings. The van der Waals surface area contributed by atoms with E-state index in [4.69, 9.17) is 28.4 Å². The fourth-order valence-electron chi connectivity index (χ4n) is 3.64. The van der Waals surface area contributed by atoms with Crippen molar-refractivity contribution in [3.8, 4) is 0 Å². The Hall–Kier alpha value is -2.00. The van der Waals surface area contributed by atoms with Gasteiger partial charge in [-0.25, -0.2) is 9.59 Å². The Morgan fingerprint density at radius 2 is 1.00 bits per heavy atom. The van der Waals surface area contributed by atoms with Crippen molar-refractivity contribution in [3.05, 3.63) is 35.4 Å². The molecular formula is C22H26O8. The van der Waals surface area contributed by atoms with Crippen molar-refractivity contribution in [1.29, 1.82) is 0 Å². The van der Waals surface area contributed by atoms with Crippen LogP contribution in [0.25, 0.3) is 0 Å². The zero-order valence-corrected chi connectivity index (χ0v) is 16.7. The molecule has 8 heteroatoms. The highest BCUT2D eigenvalue weighted by Gasteiger charge is 2.36. The molecule has 5 rings (SSSR count). The molecule has 4 fully saturated rings. The summed E-state index contributed by atoms with van der Waals surface area (Å²) in [6.45, 7) is 2.77. The number of ether oxygens (including phenoxy) is 6.